The zero-order valence-electron chi connectivity index (χ0n) is 15.6. The summed E-state index contributed by atoms with van der Waals surface area (Å²) in [5.41, 5.74) is 4.73. The fourth-order valence-corrected chi connectivity index (χ4v) is 4.01. The van der Waals surface area contributed by atoms with Gasteiger partial charge in [0.1, 0.15) is 23.4 Å². The minimum Gasteiger partial charge on any atom is -0.372 e. The van der Waals surface area contributed by atoms with Gasteiger partial charge in [-0.15, -0.1) is 5.11 Å². The number of pyridine rings is 1. The molecule has 140 valence electrons. The molecule has 0 bridgehead atoms. The summed E-state index contributed by atoms with van der Waals surface area (Å²) < 4.78 is 15.4. The van der Waals surface area contributed by atoms with Crippen LogP contribution in [0.4, 0.5) is 4.39 Å². The monoisotopic (exact) mass is 374 g/mol. The van der Waals surface area contributed by atoms with Gasteiger partial charge in [-0.2, -0.15) is 10.2 Å². The second-order valence-corrected chi connectivity index (χ2v) is 7.53. The number of aromatic nitrogens is 3. The summed E-state index contributed by atoms with van der Waals surface area (Å²) in [5, 5.41) is 16.7. The third-order valence-corrected chi connectivity index (χ3v) is 5.21. The molecule has 0 saturated carbocycles. The first-order valence-corrected chi connectivity index (χ1v) is 9.27. The molecule has 2 aromatic heterocycles. The standard InChI is InChI=1S/C21H19FN6/c1-13(2)9-17-20-18(27-26-17)10-24-21(20,14-3-6-16(22)7-4-14)15-5-8-19-23-12-25-28(19)11-15/h3-8,10-13,24H,9H2,1-2H3. The third kappa shape index (κ3) is 2.39. The first-order chi connectivity index (χ1) is 13.6. The molecule has 0 saturated heterocycles. The number of hydrogen-bond acceptors (Lipinski definition) is 5. The molecule has 4 heterocycles. The van der Waals surface area contributed by atoms with Crippen molar-refractivity contribution in [2.24, 2.45) is 16.1 Å². The molecule has 0 amide bonds. The maximum absolute atomic E-state index is 13.7. The molecule has 5 rings (SSSR count). The van der Waals surface area contributed by atoms with Gasteiger partial charge in [-0.3, -0.25) is 0 Å². The van der Waals surface area contributed by atoms with Gasteiger partial charge >= 0.3 is 0 Å². The minimum atomic E-state index is -0.711. The quantitative estimate of drug-likeness (QED) is 0.739. The Morgan fingerprint density at radius 2 is 1.86 bits per heavy atom. The number of fused-ring (bicyclic) bond motifs is 2. The summed E-state index contributed by atoms with van der Waals surface area (Å²) in [5.74, 6) is 0.166. The van der Waals surface area contributed by atoms with Crippen molar-refractivity contribution in [3.63, 3.8) is 0 Å². The summed E-state index contributed by atoms with van der Waals surface area (Å²) in [6, 6.07) is 10.5. The number of nitrogens with one attached hydrogen (secondary N) is 1. The van der Waals surface area contributed by atoms with Crippen LogP contribution in [-0.2, 0) is 5.54 Å². The van der Waals surface area contributed by atoms with E-state index in [4.69, 9.17) is 0 Å². The molecule has 0 radical (unpaired) electrons. The highest BCUT2D eigenvalue weighted by Gasteiger charge is 2.47. The molecule has 1 atom stereocenters. The lowest BCUT2D eigenvalue weighted by Gasteiger charge is -2.33. The van der Waals surface area contributed by atoms with E-state index in [0.29, 0.717) is 5.92 Å². The zero-order valence-corrected chi connectivity index (χ0v) is 15.6. The van der Waals surface area contributed by atoms with Crippen LogP contribution in [0.15, 0.2) is 82.3 Å². The Balaban J connectivity index is 1.78. The lowest BCUT2D eigenvalue weighted by atomic mass is 9.76. The summed E-state index contributed by atoms with van der Waals surface area (Å²) >= 11 is 0. The van der Waals surface area contributed by atoms with Crippen LogP contribution in [0.2, 0.25) is 0 Å². The van der Waals surface area contributed by atoms with Crippen LogP contribution >= 0.6 is 0 Å². The maximum atomic E-state index is 13.7. The Hall–Kier alpha value is -3.35. The first kappa shape index (κ1) is 16.8. The van der Waals surface area contributed by atoms with Crippen molar-refractivity contribution < 1.29 is 4.39 Å². The van der Waals surface area contributed by atoms with Crippen LogP contribution < -0.4 is 5.32 Å². The van der Waals surface area contributed by atoms with Gasteiger partial charge in [-0.25, -0.2) is 13.9 Å². The molecular formula is C21H19FN6. The van der Waals surface area contributed by atoms with Gasteiger partial charge in [0.05, 0.1) is 5.70 Å². The molecular weight excluding hydrogens is 355 g/mol. The van der Waals surface area contributed by atoms with E-state index in [0.717, 1.165) is 40.2 Å². The smallest absolute Gasteiger partial charge is 0.155 e. The molecule has 0 aliphatic carbocycles. The fourth-order valence-electron chi connectivity index (χ4n) is 4.01. The van der Waals surface area contributed by atoms with Gasteiger partial charge in [-0.05, 0) is 36.1 Å². The summed E-state index contributed by atoms with van der Waals surface area (Å²) in [6.07, 6.45) is 6.18. The van der Waals surface area contributed by atoms with Crippen molar-refractivity contribution in [3.05, 3.63) is 89.0 Å². The highest BCUT2D eigenvalue weighted by atomic mass is 19.1. The van der Waals surface area contributed by atoms with E-state index in [-0.39, 0.29) is 5.82 Å². The molecule has 1 aromatic carbocycles. The Labute approximate surface area is 161 Å². The van der Waals surface area contributed by atoms with Gasteiger partial charge < -0.3 is 5.32 Å². The van der Waals surface area contributed by atoms with Gasteiger partial charge in [-0.1, -0.05) is 32.0 Å². The van der Waals surface area contributed by atoms with Crippen molar-refractivity contribution in [2.45, 2.75) is 25.8 Å². The number of hydrogen-bond donors (Lipinski definition) is 1. The largest absolute Gasteiger partial charge is 0.372 e. The molecule has 1 N–H and O–H groups in total. The van der Waals surface area contributed by atoms with E-state index >= 15 is 0 Å². The van der Waals surface area contributed by atoms with Crippen molar-refractivity contribution >= 4 is 5.65 Å². The Morgan fingerprint density at radius 1 is 1.07 bits per heavy atom. The number of rotatable bonds is 4. The normalized spacial score (nSPS) is 20.8. The van der Waals surface area contributed by atoms with Gasteiger partial charge in [0.2, 0.25) is 0 Å². The lowest BCUT2D eigenvalue weighted by molar-refractivity contribution is 0.549. The van der Waals surface area contributed by atoms with E-state index in [1.54, 1.807) is 4.52 Å². The number of azo groups is 1. The van der Waals surface area contributed by atoms with Crippen LogP contribution in [0.1, 0.15) is 31.4 Å². The zero-order chi connectivity index (χ0) is 19.3. The topological polar surface area (TPSA) is 66.9 Å². The average Bonchev–Trinajstić information content (AvgIpc) is 3.38. The van der Waals surface area contributed by atoms with Crippen LogP contribution in [0.5, 0.6) is 0 Å². The van der Waals surface area contributed by atoms with E-state index in [9.17, 15) is 4.39 Å². The van der Waals surface area contributed by atoms with Gasteiger partial charge in [0.25, 0.3) is 0 Å². The van der Waals surface area contributed by atoms with E-state index in [2.05, 4.69) is 39.5 Å². The molecule has 1 unspecified atom stereocenters. The molecule has 28 heavy (non-hydrogen) atoms. The Morgan fingerprint density at radius 3 is 2.64 bits per heavy atom. The number of nitrogens with zero attached hydrogens (tertiary/aromatic N) is 5. The SMILES string of the molecule is CC(C)CC1=C2C(=CNC2(c2ccc(F)cc2)c2ccc3ncnn3c2)N=N1. The first-order valence-electron chi connectivity index (χ1n) is 9.27. The highest BCUT2D eigenvalue weighted by Crippen LogP contribution is 2.49. The maximum Gasteiger partial charge on any atom is 0.155 e. The van der Waals surface area contributed by atoms with Crippen LogP contribution in [-0.4, -0.2) is 14.6 Å². The van der Waals surface area contributed by atoms with Crippen molar-refractivity contribution in [2.75, 3.05) is 0 Å². The fraction of sp³-hybridized carbons (Fsp3) is 0.238. The number of allylic oxidation sites excluding steroid dienone is 1. The van der Waals surface area contributed by atoms with E-state index < -0.39 is 5.54 Å². The van der Waals surface area contributed by atoms with Gasteiger partial charge in [0.15, 0.2) is 5.65 Å². The predicted octanol–water partition coefficient (Wildman–Crippen LogP) is 4.32. The van der Waals surface area contributed by atoms with Crippen LogP contribution in [0.3, 0.4) is 0 Å². The third-order valence-electron chi connectivity index (χ3n) is 5.21. The predicted molar refractivity (Wildman–Crippen MR) is 103 cm³/mol. The van der Waals surface area contributed by atoms with Crippen LogP contribution in [0.25, 0.3) is 5.65 Å². The second kappa shape index (κ2) is 6.09. The molecule has 7 heteroatoms. The molecule has 2 aliphatic heterocycles. The number of halogens is 1. The lowest BCUT2D eigenvalue weighted by Crippen LogP contribution is -2.39. The highest BCUT2D eigenvalue weighted by molar-refractivity contribution is 5.61. The molecule has 0 spiro atoms. The number of benzene rings is 1. The van der Waals surface area contributed by atoms with Crippen molar-refractivity contribution in [3.8, 4) is 0 Å². The van der Waals surface area contributed by atoms with Crippen molar-refractivity contribution in [1.82, 2.24) is 19.9 Å². The van der Waals surface area contributed by atoms with E-state index in [1.807, 2.05) is 36.7 Å². The summed E-state index contributed by atoms with van der Waals surface area (Å²) in [4.78, 5) is 4.23. The minimum absolute atomic E-state index is 0.269. The summed E-state index contributed by atoms with van der Waals surface area (Å²) in [7, 11) is 0. The molecule has 3 aromatic rings. The molecule has 0 fully saturated rings. The van der Waals surface area contributed by atoms with Crippen LogP contribution in [0, 0.1) is 11.7 Å². The average molecular weight is 374 g/mol. The summed E-state index contributed by atoms with van der Waals surface area (Å²) in [6.45, 7) is 4.32. The van der Waals surface area contributed by atoms with E-state index in [1.165, 1.54) is 18.5 Å². The second-order valence-electron chi connectivity index (χ2n) is 7.53. The molecule has 6 nitrogen and oxygen atoms in total. The van der Waals surface area contributed by atoms with Crippen molar-refractivity contribution in [1.29, 1.82) is 0 Å². The Kier molecular flexibility index (Phi) is 3.65. The molecule has 2 aliphatic rings. The Bertz CT molecular complexity index is 1160. The van der Waals surface area contributed by atoms with Gasteiger partial charge in [0, 0.05) is 23.5 Å².